The molecule has 1 heterocycles. The minimum Gasteiger partial charge on any atom is -0.321 e. The number of hydrogen-bond acceptors (Lipinski definition) is 1. The van der Waals surface area contributed by atoms with Gasteiger partial charge in [0, 0.05) is 11.1 Å². The first-order chi connectivity index (χ1) is 8.65. The molecule has 0 unspecified atom stereocenters. The van der Waals surface area contributed by atoms with Crippen LogP contribution in [0.3, 0.4) is 0 Å². The normalized spacial score (nSPS) is 12.5. The van der Waals surface area contributed by atoms with Crippen molar-refractivity contribution in [3.8, 4) is 0 Å². The number of fused-ring (bicyclic) bond motifs is 1. The van der Waals surface area contributed by atoms with Crippen LogP contribution in [0.1, 0.15) is 25.0 Å². The van der Waals surface area contributed by atoms with Gasteiger partial charge in [0.25, 0.3) is 5.56 Å². The van der Waals surface area contributed by atoms with E-state index in [4.69, 9.17) is 0 Å². The van der Waals surface area contributed by atoms with Crippen molar-refractivity contribution in [3.05, 3.63) is 64.0 Å². The van der Waals surface area contributed by atoms with Crippen molar-refractivity contribution in [2.24, 2.45) is 0 Å². The molecule has 0 amide bonds. The van der Waals surface area contributed by atoms with Gasteiger partial charge in [-0.05, 0) is 49.9 Å². The topological polar surface area (TPSA) is 32.9 Å². The minimum atomic E-state index is -0.0439. The molecule has 1 N–H and O–H groups in total. The summed E-state index contributed by atoms with van der Waals surface area (Å²) in [5.74, 6) is 0. The molecule has 0 saturated heterocycles. The fourth-order valence-electron chi connectivity index (χ4n) is 2.06. The van der Waals surface area contributed by atoms with Gasteiger partial charge in [-0.1, -0.05) is 29.9 Å². The monoisotopic (exact) mass is 239 g/mol. The van der Waals surface area contributed by atoms with Crippen molar-refractivity contribution >= 4 is 16.5 Å². The highest BCUT2D eigenvalue weighted by Gasteiger charge is 2.05. The van der Waals surface area contributed by atoms with Gasteiger partial charge in [0.05, 0.1) is 0 Å². The number of benzene rings is 1. The zero-order chi connectivity index (χ0) is 13.1. The second-order valence-electron chi connectivity index (χ2n) is 4.35. The number of pyridine rings is 1. The lowest BCUT2D eigenvalue weighted by Gasteiger charge is -2.05. The third-order valence-corrected chi connectivity index (χ3v) is 2.97. The molecule has 0 fully saturated rings. The van der Waals surface area contributed by atoms with E-state index in [0.717, 1.165) is 16.5 Å². The molecule has 2 heteroatoms. The summed E-state index contributed by atoms with van der Waals surface area (Å²) in [6.07, 6.45) is 5.84. The number of nitrogens with one attached hydrogen (secondary N) is 1. The van der Waals surface area contributed by atoms with Crippen LogP contribution in [0.25, 0.3) is 16.5 Å². The summed E-state index contributed by atoms with van der Waals surface area (Å²) >= 11 is 0. The van der Waals surface area contributed by atoms with E-state index in [0.29, 0.717) is 5.56 Å². The second kappa shape index (κ2) is 5.05. The zero-order valence-corrected chi connectivity index (χ0v) is 10.9. The summed E-state index contributed by atoms with van der Waals surface area (Å²) < 4.78 is 0. The van der Waals surface area contributed by atoms with Crippen molar-refractivity contribution in [2.45, 2.75) is 20.8 Å². The zero-order valence-electron chi connectivity index (χ0n) is 10.9. The van der Waals surface area contributed by atoms with Gasteiger partial charge < -0.3 is 4.98 Å². The molecule has 2 nitrogen and oxygen atoms in total. The number of rotatable bonds is 2. The van der Waals surface area contributed by atoms with E-state index in [1.165, 1.54) is 5.56 Å². The van der Waals surface area contributed by atoms with Gasteiger partial charge in [-0.2, -0.15) is 0 Å². The number of aromatic amines is 1. The SMILES string of the molecule is C/C=C\C(=C/C)c1cc2cc(C)ccc2[nH]c1=O. The van der Waals surface area contributed by atoms with Crippen molar-refractivity contribution in [1.29, 1.82) is 0 Å². The number of hydrogen-bond donors (Lipinski definition) is 1. The van der Waals surface area contributed by atoms with Crippen LogP contribution in [0.15, 0.2) is 47.3 Å². The lowest BCUT2D eigenvalue weighted by Crippen LogP contribution is -2.11. The highest BCUT2D eigenvalue weighted by Crippen LogP contribution is 2.18. The van der Waals surface area contributed by atoms with Gasteiger partial charge in [0.2, 0.25) is 0 Å². The van der Waals surface area contributed by atoms with E-state index in [1.807, 2.05) is 57.2 Å². The fourth-order valence-corrected chi connectivity index (χ4v) is 2.06. The van der Waals surface area contributed by atoms with Crippen LogP contribution < -0.4 is 5.56 Å². The summed E-state index contributed by atoms with van der Waals surface area (Å²) in [6, 6.07) is 7.98. The Morgan fingerprint density at radius 3 is 2.67 bits per heavy atom. The first-order valence-corrected chi connectivity index (χ1v) is 6.08. The van der Waals surface area contributed by atoms with Gasteiger partial charge in [0.1, 0.15) is 0 Å². The molecular formula is C16H17NO. The maximum absolute atomic E-state index is 12.1. The third kappa shape index (κ3) is 2.28. The van der Waals surface area contributed by atoms with E-state index in [9.17, 15) is 4.79 Å². The van der Waals surface area contributed by atoms with E-state index in [1.54, 1.807) is 0 Å². The first kappa shape index (κ1) is 12.4. The Morgan fingerprint density at radius 1 is 1.22 bits per heavy atom. The van der Waals surface area contributed by atoms with Gasteiger partial charge in [-0.25, -0.2) is 0 Å². The fraction of sp³-hybridized carbons (Fsp3) is 0.188. The molecule has 0 spiro atoms. The van der Waals surface area contributed by atoms with Crippen LogP contribution in [-0.4, -0.2) is 4.98 Å². The van der Waals surface area contributed by atoms with E-state index >= 15 is 0 Å². The standard InChI is InChI=1S/C16H17NO/c1-4-6-12(5-2)14-10-13-9-11(3)7-8-15(13)17-16(14)18/h4-10H,1-3H3,(H,17,18)/b6-4-,12-5+. The quantitative estimate of drug-likeness (QED) is 0.794. The van der Waals surface area contributed by atoms with Crippen LogP contribution in [0.2, 0.25) is 0 Å². The predicted molar refractivity (Wildman–Crippen MR) is 77.8 cm³/mol. The largest absolute Gasteiger partial charge is 0.321 e. The highest BCUT2D eigenvalue weighted by atomic mass is 16.1. The number of aromatic nitrogens is 1. The highest BCUT2D eigenvalue weighted by molar-refractivity contribution is 5.84. The molecule has 0 bridgehead atoms. The Labute approximate surface area is 107 Å². The molecule has 2 aromatic rings. The van der Waals surface area contributed by atoms with Crippen molar-refractivity contribution in [1.82, 2.24) is 4.98 Å². The average molecular weight is 239 g/mol. The van der Waals surface area contributed by atoms with E-state index < -0.39 is 0 Å². The van der Waals surface area contributed by atoms with Crippen molar-refractivity contribution in [2.75, 3.05) is 0 Å². The molecule has 2 rings (SSSR count). The number of aryl methyl sites for hydroxylation is 1. The molecular weight excluding hydrogens is 222 g/mol. The smallest absolute Gasteiger partial charge is 0.256 e. The van der Waals surface area contributed by atoms with Crippen molar-refractivity contribution < 1.29 is 0 Å². The third-order valence-electron chi connectivity index (χ3n) is 2.97. The molecule has 1 aromatic heterocycles. The average Bonchev–Trinajstić information content (AvgIpc) is 2.36. The predicted octanol–water partition coefficient (Wildman–Crippen LogP) is 3.82. The lowest BCUT2D eigenvalue weighted by atomic mass is 10.0. The minimum absolute atomic E-state index is 0.0439. The van der Waals surface area contributed by atoms with Crippen LogP contribution in [0, 0.1) is 6.92 Å². The maximum atomic E-state index is 12.1. The Balaban J connectivity index is 2.72. The molecule has 0 aliphatic heterocycles. The first-order valence-electron chi connectivity index (χ1n) is 6.08. The molecule has 0 atom stereocenters. The number of allylic oxidation sites excluding steroid dienone is 4. The summed E-state index contributed by atoms with van der Waals surface area (Å²) in [7, 11) is 0. The molecule has 92 valence electrons. The summed E-state index contributed by atoms with van der Waals surface area (Å²) in [5.41, 5.74) is 3.69. The molecule has 0 aliphatic carbocycles. The van der Waals surface area contributed by atoms with Gasteiger partial charge in [-0.3, -0.25) is 4.79 Å². The molecule has 1 aromatic carbocycles. The number of H-pyrrole nitrogens is 1. The Morgan fingerprint density at radius 2 is 2.00 bits per heavy atom. The maximum Gasteiger partial charge on any atom is 0.256 e. The summed E-state index contributed by atoms with van der Waals surface area (Å²) in [5, 5.41) is 1.06. The van der Waals surface area contributed by atoms with Gasteiger partial charge >= 0.3 is 0 Å². The Bertz CT molecular complexity index is 690. The molecule has 0 aliphatic rings. The van der Waals surface area contributed by atoms with Gasteiger partial charge in [-0.15, -0.1) is 0 Å². The summed E-state index contributed by atoms with van der Waals surface area (Å²) in [6.45, 7) is 5.94. The van der Waals surface area contributed by atoms with E-state index in [-0.39, 0.29) is 5.56 Å². The van der Waals surface area contributed by atoms with Crippen molar-refractivity contribution in [3.63, 3.8) is 0 Å². The molecule has 0 radical (unpaired) electrons. The second-order valence-corrected chi connectivity index (χ2v) is 4.35. The van der Waals surface area contributed by atoms with Crippen LogP contribution in [-0.2, 0) is 0 Å². The van der Waals surface area contributed by atoms with E-state index in [2.05, 4.69) is 11.1 Å². The van der Waals surface area contributed by atoms with Crippen LogP contribution in [0.5, 0.6) is 0 Å². The van der Waals surface area contributed by atoms with Crippen LogP contribution in [0.4, 0.5) is 0 Å². The molecule has 18 heavy (non-hydrogen) atoms. The Hall–Kier alpha value is -2.09. The summed E-state index contributed by atoms with van der Waals surface area (Å²) in [4.78, 5) is 15.0. The van der Waals surface area contributed by atoms with Crippen LogP contribution >= 0.6 is 0 Å². The Kier molecular flexibility index (Phi) is 3.47. The lowest BCUT2D eigenvalue weighted by molar-refractivity contribution is 1.28. The molecule has 0 saturated carbocycles. The van der Waals surface area contributed by atoms with Gasteiger partial charge in [0.15, 0.2) is 0 Å².